The number of anilines is 1. The molecule has 0 saturated carbocycles. The van der Waals surface area contributed by atoms with Gasteiger partial charge in [-0.3, -0.25) is 4.79 Å². The number of carbonyl (C=O) groups excluding carboxylic acids is 1. The van der Waals surface area contributed by atoms with Gasteiger partial charge in [0.1, 0.15) is 18.0 Å². The first-order chi connectivity index (χ1) is 11.2. The topological polar surface area (TPSA) is 66.9 Å². The molecule has 6 heteroatoms. The van der Waals surface area contributed by atoms with Crippen molar-refractivity contribution in [2.24, 2.45) is 0 Å². The highest BCUT2D eigenvalue weighted by Crippen LogP contribution is 2.17. The van der Waals surface area contributed by atoms with Crippen LogP contribution in [0.3, 0.4) is 0 Å². The quantitative estimate of drug-likeness (QED) is 0.760. The fourth-order valence-electron chi connectivity index (χ4n) is 2.21. The van der Waals surface area contributed by atoms with Crippen molar-refractivity contribution in [1.29, 1.82) is 0 Å². The molecule has 0 bridgehead atoms. The minimum absolute atomic E-state index is 0.0511. The normalized spacial score (nSPS) is 10.5. The predicted octanol–water partition coefficient (Wildman–Crippen LogP) is 2.50. The number of carbonyl (C=O) groups is 1. The number of rotatable bonds is 5. The fourth-order valence-corrected chi connectivity index (χ4v) is 2.21. The fraction of sp³-hybridized carbons (Fsp3) is 0.118. The van der Waals surface area contributed by atoms with Crippen LogP contribution < -0.4 is 10.6 Å². The molecule has 0 fully saturated rings. The lowest BCUT2D eigenvalue weighted by atomic mass is 10.2. The Morgan fingerprint density at radius 3 is 2.70 bits per heavy atom. The second-order valence-electron chi connectivity index (χ2n) is 4.96. The summed E-state index contributed by atoms with van der Waals surface area (Å²) in [4.78, 5) is 20.2. The molecule has 1 heterocycles. The largest absolute Gasteiger partial charge is 0.360 e. The van der Waals surface area contributed by atoms with E-state index in [1.54, 1.807) is 18.2 Å². The third kappa shape index (κ3) is 3.60. The molecule has 3 aromatic rings. The Morgan fingerprint density at radius 1 is 1.04 bits per heavy atom. The smallest absolute Gasteiger partial charge is 0.239 e. The first-order valence-corrected chi connectivity index (χ1v) is 7.18. The molecule has 1 amide bonds. The first kappa shape index (κ1) is 14.9. The van der Waals surface area contributed by atoms with E-state index in [2.05, 4.69) is 20.6 Å². The minimum Gasteiger partial charge on any atom is -0.360 e. The molecule has 0 aliphatic heterocycles. The number of halogens is 1. The van der Waals surface area contributed by atoms with Crippen LogP contribution in [0.2, 0.25) is 0 Å². The molecule has 0 aliphatic rings. The number of amides is 1. The van der Waals surface area contributed by atoms with Gasteiger partial charge < -0.3 is 10.6 Å². The molecule has 0 radical (unpaired) electrons. The van der Waals surface area contributed by atoms with Crippen LogP contribution in [0.25, 0.3) is 10.9 Å². The molecule has 23 heavy (non-hydrogen) atoms. The molecule has 3 rings (SSSR count). The van der Waals surface area contributed by atoms with E-state index in [-0.39, 0.29) is 24.8 Å². The summed E-state index contributed by atoms with van der Waals surface area (Å²) in [6.45, 7) is 0.202. The summed E-state index contributed by atoms with van der Waals surface area (Å²) >= 11 is 0. The summed E-state index contributed by atoms with van der Waals surface area (Å²) in [5.74, 6) is 0.0233. The Bertz CT molecular complexity index is 832. The monoisotopic (exact) mass is 310 g/mol. The molecular formula is C17H15FN4O. The SMILES string of the molecule is O=C(CNc1ncnc2ccccc12)NCc1ccccc1F. The van der Waals surface area contributed by atoms with Crippen molar-refractivity contribution in [3.05, 3.63) is 66.2 Å². The van der Waals surface area contributed by atoms with Crippen molar-refractivity contribution in [2.75, 3.05) is 11.9 Å². The number of nitrogens with one attached hydrogen (secondary N) is 2. The molecule has 116 valence electrons. The second kappa shape index (κ2) is 6.83. The zero-order chi connectivity index (χ0) is 16.1. The Labute approximate surface area is 132 Å². The number of hydrogen-bond donors (Lipinski definition) is 2. The van der Waals surface area contributed by atoms with Crippen molar-refractivity contribution in [2.45, 2.75) is 6.54 Å². The van der Waals surface area contributed by atoms with Gasteiger partial charge in [-0.25, -0.2) is 14.4 Å². The first-order valence-electron chi connectivity index (χ1n) is 7.18. The van der Waals surface area contributed by atoms with E-state index in [9.17, 15) is 9.18 Å². The summed E-state index contributed by atoms with van der Waals surface area (Å²) in [7, 11) is 0. The van der Waals surface area contributed by atoms with Crippen LogP contribution in [-0.2, 0) is 11.3 Å². The lowest BCUT2D eigenvalue weighted by Crippen LogP contribution is -2.29. The molecule has 1 aromatic heterocycles. The highest BCUT2D eigenvalue weighted by molar-refractivity contribution is 5.90. The van der Waals surface area contributed by atoms with E-state index in [4.69, 9.17) is 0 Å². The van der Waals surface area contributed by atoms with E-state index in [1.165, 1.54) is 12.4 Å². The maximum Gasteiger partial charge on any atom is 0.239 e. The van der Waals surface area contributed by atoms with E-state index in [1.807, 2.05) is 24.3 Å². The molecule has 5 nitrogen and oxygen atoms in total. The van der Waals surface area contributed by atoms with Gasteiger partial charge in [-0.1, -0.05) is 30.3 Å². The minimum atomic E-state index is -0.331. The highest BCUT2D eigenvalue weighted by Gasteiger charge is 2.07. The average molecular weight is 310 g/mol. The lowest BCUT2D eigenvalue weighted by Gasteiger charge is -2.09. The maximum absolute atomic E-state index is 13.5. The van der Waals surface area contributed by atoms with Gasteiger partial charge in [0.25, 0.3) is 0 Å². The van der Waals surface area contributed by atoms with Crippen molar-refractivity contribution >= 4 is 22.6 Å². The molecule has 0 aliphatic carbocycles. The Hall–Kier alpha value is -3.02. The zero-order valence-corrected chi connectivity index (χ0v) is 12.3. The molecule has 2 N–H and O–H groups in total. The van der Waals surface area contributed by atoms with Crippen molar-refractivity contribution in [3.8, 4) is 0 Å². The second-order valence-corrected chi connectivity index (χ2v) is 4.96. The Balaban J connectivity index is 1.59. The van der Waals surface area contributed by atoms with Crippen LogP contribution >= 0.6 is 0 Å². The van der Waals surface area contributed by atoms with Gasteiger partial charge in [0, 0.05) is 17.5 Å². The number of hydrogen-bond acceptors (Lipinski definition) is 4. The maximum atomic E-state index is 13.5. The number of benzene rings is 2. The molecule has 0 saturated heterocycles. The number of fused-ring (bicyclic) bond motifs is 1. The van der Waals surface area contributed by atoms with Crippen LogP contribution in [0.15, 0.2) is 54.9 Å². The van der Waals surface area contributed by atoms with Gasteiger partial charge in [-0.15, -0.1) is 0 Å². The molecule has 0 atom stereocenters. The van der Waals surface area contributed by atoms with E-state index in [0.29, 0.717) is 11.4 Å². The van der Waals surface area contributed by atoms with Crippen molar-refractivity contribution in [3.63, 3.8) is 0 Å². The van der Waals surface area contributed by atoms with E-state index in [0.717, 1.165) is 10.9 Å². The molecule has 2 aromatic carbocycles. The lowest BCUT2D eigenvalue weighted by molar-refractivity contribution is -0.119. The zero-order valence-electron chi connectivity index (χ0n) is 12.3. The Kier molecular flexibility index (Phi) is 4.42. The van der Waals surface area contributed by atoms with Gasteiger partial charge in [0.2, 0.25) is 5.91 Å². The van der Waals surface area contributed by atoms with Crippen LogP contribution in [-0.4, -0.2) is 22.4 Å². The summed E-state index contributed by atoms with van der Waals surface area (Å²) < 4.78 is 13.5. The van der Waals surface area contributed by atoms with Gasteiger partial charge in [0.15, 0.2) is 0 Å². The van der Waals surface area contributed by atoms with Gasteiger partial charge in [0.05, 0.1) is 12.1 Å². The number of nitrogens with zero attached hydrogens (tertiary/aromatic N) is 2. The third-order valence-electron chi connectivity index (χ3n) is 3.39. The van der Waals surface area contributed by atoms with Crippen molar-refractivity contribution in [1.82, 2.24) is 15.3 Å². The van der Waals surface area contributed by atoms with E-state index < -0.39 is 0 Å². The van der Waals surface area contributed by atoms with Crippen molar-refractivity contribution < 1.29 is 9.18 Å². The summed E-state index contributed by atoms with van der Waals surface area (Å²) in [6.07, 6.45) is 1.45. The summed E-state index contributed by atoms with van der Waals surface area (Å²) in [6, 6.07) is 13.9. The molecule has 0 spiro atoms. The van der Waals surface area contributed by atoms with Crippen LogP contribution in [0.4, 0.5) is 10.2 Å². The predicted molar refractivity (Wildman–Crippen MR) is 86.3 cm³/mol. The van der Waals surface area contributed by atoms with Crippen LogP contribution in [0.5, 0.6) is 0 Å². The highest BCUT2D eigenvalue weighted by atomic mass is 19.1. The van der Waals surface area contributed by atoms with Gasteiger partial charge in [-0.05, 0) is 18.2 Å². The van der Waals surface area contributed by atoms with E-state index >= 15 is 0 Å². The summed E-state index contributed by atoms with van der Waals surface area (Å²) in [5.41, 5.74) is 1.25. The Morgan fingerprint density at radius 2 is 1.83 bits per heavy atom. The van der Waals surface area contributed by atoms with Gasteiger partial charge in [-0.2, -0.15) is 0 Å². The number of aromatic nitrogens is 2. The number of para-hydroxylation sites is 1. The summed E-state index contributed by atoms with van der Waals surface area (Å²) in [5, 5.41) is 6.50. The standard InChI is InChI=1S/C17H15FN4O/c18-14-7-3-1-5-12(14)9-19-16(23)10-20-17-13-6-2-4-8-15(13)21-11-22-17/h1-8,11H,9-10H2,(H,19,23)(H,20,21,22). The van der Waals surface area contributed by atoms with Gasteiger partial charge >= 0.3 is 0 Å². The molecule has 0 unspecified atom stereocenters. The molecular weight excluding hydrogens is 295 g/mol. The average Bonchev–Trinajstić information content (AvgIpc) is 2.59. The third-order valence-corrected chi connectivity index (χ3v) is 3.39. The van der Waals surface area contributed by atoms with Crippen LogP contribution in [0.1, 0.15) is 5.56 Å². The van der Waals surface area contributed by atoms with Crippen LogP contribution in [0, 0.1) is 5.82 Å².